The van der Waals surface area contributed by atoms with E-state index in [4.69, 9.17) is 0 Å². The average molecular weight is 254 g/mol. The highest BCUT2D eigenvalue weighted by Crippen LogP contribution is 2.27. The van der Waals surface area contributed by atoms with E-state index in [2.05, 4.69) is 9.73 Å². The van der Waals surface area contributed by atoms with Gasteiger partial charge in [0.1, 0.15) is 6.04 Å². The minimum Gasteiger partial charge on any atom is -0.428 e. The maximum atomic E-state index is 13.2. The first-order valence-corrected chi connectivity index (χ1v) is 6.15. The molecule has 1 heterocycles. The summed E-state index contributed by atoms with van der Waals surface area (Å²) >= 11 is 0. The molecule has 98 valence electrons. The highest BCUT2D eigenvalue weighted by molar-refractivity contribution is 5.59. The second kappa shape index (κ2) is 5.57. The van der Waals surface area contributed by atoms with Crippen molar-refractivity contribution in [2.45, 2.75) is 25.3 Å². The predicted molar refractivity (Wildman–Crippen MR) is 69.3 cm³/mol. The largest absolute Gasteiger partial charge is 0.428 e. The van der Waals surface area contributed by atoms with Crippen molar-refractivity contribution >= 4 is 6.21 Å². The van der Waals surface area contributed by atoms with Crippen molar-refractivity contribution in [3.63, 3.8) is 0 Å². The number of nitrogens with zero attached hydrogens (tertiary/aromatic N) is 1. The van der Waals surface area contributed by atoms with Gasteiger partial charge in [-0.25, -0.2) is 8.78 Å². The van der Waals surface area contributed by atoms with Gasteiger partial charge in [-0.05, 0) is 12.3 Å². The van der Waals surface area contributed by atoms with Gasteiger partial charge in [0.15, 0.2) is 13.2 Å². The molecule has 1 aliphatic heterocycles. The first kappa shape index (κ1) is 13.1. The fraction of sp³-hybridized carbons (Fsp3) is 0.500. The molecule has 18 heavy (non-hydrogen) atoms. The Hall–Kier alpha value is -1.29. The van der Waals surface area contributed by atoms with Crippen LogP contribution in [0, 0.1) is 5.92 Å². The Morgan fingerprint density at radius 1 is 1.44 bits per heavy atom. The molecule has 2 nitrogen and oxygen atoms in total. The summed E-state index contributed by atoms with van der Waals surface area (Å²) < 4.78 is 30.6. The van der Waals surface area contributed by atoms with E-state index >= 15 is 0 Å². The summed E-state index contributed by atoms with van der Waals surface area (Å²) in [5, 5.41) is 0. The molecule has 0 aromatic rings. The Morgan fingerprint density at radius 2 is 2.28 bits per heavy atom. The van der Waals surface area contributed by atoms with Gasteiger partial charge in [0.05, 0.1) is 6.21 Å². The van der Waals surface area contributed by atoms with E-state index in [1.54, 1.807) is 6.08 Å². The minimum absolute atomic E-state index is 0.0538. The van der Waals surface area contributed by atoms with Gasteiger partial charge in [0.2, 0.25) is 0 Å². The van der Waals surface area contributed by atoms with Gasteiger partial charge in [-0.15, -0.1) is 0 Å². The molecule has 0 spiro atoms. The lowest BCUT2D eigenvalue weighted by Crippen LogP contribution is -2.24. The summed E-state index contributed by atoms with van der Waals surface area (Å²) in [4.78, 5) is 4.37. The Morgan fingerprint density at radius 3 is 2.94 bits per heavy atom. The molecule has 2 rings (SSSR count). The number of aliphatic hydroxyl groups is 2. The molecular formula is C14H18F2NO+. The third kappa shape index (κ3) is 3.60. The molecule has 2 atom stereocenters. The number of alkyl halides is 2. The standard InChI is InChI=1S/C14H17F2NO/c1-14(15,16)12-4-2-3-11(5-6-12)9-13-10-18-8-7-17-13/h2-7,11,13H,8-10H2,1H3/p+1. The van der Waals surface area contributed by atoms with Gasteiger partial charge in [0, 0.05) is 12.5 Å². The van der Waals surface area contributed by atoms with Gasteiger partial charge in [-0.3, -0.25) is 4.99 Å². The number of hydrogen-bond acceptors (Lipinski definition) is 1. The molecule has 0 bridgehead atoms. The Kier molecular flexibility index (Phi) is 4.07. The first-order valence-electron chi connectivity index (χ1n) is 6.15. The molecule has 2 unspecified atom stereocenters. The second-order valence-corrected chi connectivity index (χ2v) is 4.73. The highest BCUT2D eigenvalue weighted by Gasteiger charge is 2.26. The summed E-state index contributed by atoms with van der Waals surface area (Å²) in [5.74, 6) is -2.63. The molecule has 0 aromatic carbocycles. The zero-order valence-corrected chi connectivity index (χ0v) is 10.4. The van der Waals surface area contributed by atoms with Crippen molar-refractivity contribution in [2.24, 2.45) is 10.9 Å². The van der Waals surface area contributed by atoms with Crippen molar-refractivity contribution in [3.8, 4) is 0 Å². The molecule has 4 heteroatoms. The monoisotopic (exact) mass is 254 g/mol. The summed E-state index contributed by atoms with van der Waals surface area (Å²) in [6.07, 6.45) is 11.1. The number of aliphatic imine (C=N–C) groups is 1. The van der Waals surface area contributed by atoms with Crippen LogP contribution in [0.1, 0.15) is 13.3 Å². The SMILES string of the molecule is CC(F)(F)C1=CC=CC(CC2C[OH+]CC=N2)C=C1. The van der Waals surface area contributed by atoms with Gasteiger partial charge in [-0.1, -0.05) is 30.4 Å². The second-order valence-electron chi connectivity index (χ2n) is 4.73. The summed E-state index contributed by atoms with van der Waals surface area (Å²) in [6, 6.07) is 0.182. The molecule has 0 amide bonds. The summed E-state index contributed by atoms with van der Waals surface area (Å²) in [7, 11) is 0. The number of halogens is 2. The zero-order valence-electron chi connectivity index (χ0n) is 10.4. The molecule has 0 fully saturated rings. The molecule has 0 saturated heterocycles. The van der Waals surface area contributed by atoms with Crippen molar-refractivity contribution in [3.05, 3.63) is 36.0 Å². The third-order valence-electron chi connectivity index (χ3n) is 3.08. The van der Waals surface area contributed by atoms with Gasteiger partial charge in [0.25, 0.3) is 5.92 Å². The summed E-state index contributed by atoms with van der Waals surface area (Å²) in [5.41, 5.74) is 0.0538. The van der Waals surface area contributed by atoms with Crippen molar-refractivity contribution in [2.75, 3.05) is 13.2 Å². The normalized spacial score (nSPS) is 28.1. The van der Waals surface area contributed by atoms with Crippen molar-refractivity contribution in [1.82, 2.24) is 0 Å². The Bertz CT molecular complexity index is 405. The Balaban J connectivity index is 1.98. The molecule has 1 N–H and O–H groups in total. The van der Waals surface area contributed by atoms with Crippen molar-refractivity contribution < 1.29 is 13.5 Å². The van der Waals surface area contributed by atoms with Gasteiger partial charge >= 0.3 is 0 Å². The van der Waals surface area contributed by atoms with Crippen LogP contribution in [0.4, 0.5) is 8.78 Å². The van der Waals surface area contributed by atoms with Crippen LogP contribution in [0.15, 0.2) is 40.9 Å². The van der Waals surface area contributed by atoms with E-state index in [9.17, 15) is 8.78 Å². The Labute approximate surface area is 106 Å². The van der Waals surface area contributed by atoms with E-state index in [1.165, 1.54) is 12.2 Å². The zero-order chi connectivity index (χ0) is 13.0. The quantitative estimate of drug-likeness (QED) is 0.692. The maximum Gasteiger partial charge on any atom is 0.270 e. The van der Waals surface area contributed by atoms with E-state index in [-0.39, 0.29) is 17.5 Å². The fourth-order valence-electron chi connectivity index (χ4n) is 2.07. The lowest BCUT2D eigenvalue weighted by atomic mass is 9.99. The van der Waals surface area contributed by atoms with Crippen LogP contribution in [-0.4, -0.2) is 36.1 Å². The smallest absolute Gasteiger partial charge is 0.270 e. The van der Waals surface area contributed by atoms with Crippen LogP contribution in [0.3, 0.4) is 0 Å². The maximum absolute atomic E-state index is 13.2. The minimum atomic E-state index is -2.78. The van der Waals surface area contributed by atoms with Gasteiger partial charge in [-0.2, -0.15) is 0 Å². The van der Waals surface area contributed by atoms with Crippen LogP contribution in [0.25, 0.3) is 0 Å². The molecule has 0 radical (unpaired) electrons. The molecule has 0 aromatic heterocycles. The average Bonchev–Trinajstić information content (AvgIpc) is 2.55. The topological polar surface area (TPSA) is 25.2 Å². The van der Waals surface area contributed by atoms with Crippen LogP contribution in [0.2, 0.25) is 0 Å². The van der Waals surface area contributed by atoms with Crippen LogP contribution in [0.5, 0.6) is 0 Å². The van der Waals surface area contributed by atoms with Crippen LogP contribution in [-0.2, 0) is 0 Å². The number of allylic oxidation sites excluding steroid dienone is 6. The number of rotatable bonds is 3. The lowest BCUT2D eigenvalue weighted by molar-refractivity contribution is -0.0246. The van der Waals surface area contributed by atoms with Crippen molar-refractivity contribution in [1.29, 1.82) is 0 Å². The molecule has 0 saturated carbocycles. The summed E-state index contributed by atoms with van der Waals surface area (Å²) in [6.45, 7) is 2.35. The van der Waals surface area contributed by atoms with E-state index in [0.29, 0.717) is 6.61 Å². The van der Waals surface area contributed by atoms with Gasteiger partial charge < -0.3 is 4.74 Å². The number of hydrogen-bond donors (Lipinski definition) is 0. The predicted octanol–water partition coefficient (Wildman–Crippen LogP) is 2.68. The van der Waals surface area contributed by atoms with E-state index < -0.39 is 5.92 Å². The lowest BCUT2D eigenvalue weighted by Gasteiger charge is -2.16. The molecule has 2 aliphatic rings. The molecular weight excluding hydrogens is 236 g/mol. The van der Waals surface area contributed by atoms with E-state index in [1.807, 2.05) is 18.4 Å². The van der Waals surface area contributed by atoms with Crippen LogP contribution < -0.4 is 0 Å². The molecule has 1 aliphatic carbocycles. The third-order valence-corrected chi connectivity index (χ3v) is 3.08. The van der Waals surface area contributed by atoms with E-state index in [0.717, 1.165) is 20.0 Å². The van der Waals surface area contributed by atoms with Crippen LogP contribution >= 0.6 is 0 Å². The highest BCUT2D eigenvalue weighted by atomic mass is 19.3. The fourth-order valence-corrected chi connectivity index (χ4v) is 2.07. The first-order chi connectivity index (χ1) is 8.55. The number of ether oxygens (including phenoxy) is 1.